The van der Waals surface area contributed by atoms with E-state index in [9.17, 15) is 9.59 Å². The van der Waals surface area contributed by atoms with Gasteiger partial charge in [0, 0.05) is 32.0 Å². The number of hydrogen-bond acceptors (Lipinski definition) is 3. The van der Waals surface area contributed by atoms with E-state index in [0.29, 0.717) is 13.0 Å². The Bertz CT molecular complexity index is 796. The fourth-order valence-corrected chi connectivity index (χ4v) is 3.47. The van der Waals surface area contributed by atoms with E-state index in [1.54, 1.807) is 11.9 Å². The molecule has 2 heterocycles. The summed E-state index contributed by atoms with van der Waals surface area (Å²) >= 11 is 0. The summed E-state index contributed by atoms with van der Waals surface area (Å²) in [7, 11) is 1.78. The molecule has 3 rings (SSSR count). The van der Waals surface area contributed by atoms with Crippen LogP contribution in [0.1, 0.15) is 51.5 Å². The quantitative estimate of drug-likeness (QED) is 0.929. The Morgan fingerprint density at radius 3 is 2.68 bits per heavy atom. The molecule has 6 heteroatoms. The van der Waals surface area contributed by atoms with Crippen molar-refractivity contribution in [1.82, 2.24) is 19.8 Å². The standard InChI is InChI=1S/C19H26N4O2/c1-12(2)23-16-8-6-5-7-15(16)21-18(23)13(3)20-19(25)14-9-10-22(4)17(24)11-14/h5-8,12-14H,9-11H2,1-4H3,(H,20,25)/t13-,14+/m1/s1. The molecular weight excluding hydrogens is 316 g/mol. The van der Waals surface area contributed by atoms with Crippen LogP contribution in [0.5, 0.6) is 0 Å². The van der Waals surface area contributed by atoms with Gasteiger partial charge in [-0.05, 0) is 39.3 Å². The lowest BCUT2D eigenvalue weighted by Crippen LogP contribution is -2.42. The number of likely N-dealkylation sites (tertiary alicyclic amines) is 1. The van der Waals surface area contributed by atoms with E-state index < -0.39 is 0 Å². The number of para-hydroxylation sites is 2. The Kier molecular flexibility index (Phi) is 4.79. The molecule has 1 aliphatic heterocycles. The number of nitrogens with zero attached hydrogens (tertiary/aromatic N) is 3. The number of carbonyl (C=O) groups excluding carboxylic acids is 2. The summed E-state index contributed by atoms with van der Waals surface area (Å²) in [5, 5.41) is 3.06. The summed E-state index contributed by atoms with van der Waals surface area (Å²) in [5.74, 6) is 0.580. The second-order valence-corrected chi connectivity index (χ2v) is 7.16. The minimum atomic E-state index is -0.247. The van der Waals surface area contributed by atoms with E-state index in [1.807, 2.05) is 25.1 Å². The molecule has 6 nitrogen and oxygen atoms in total. The first-order chi connectivity index (χ1) is 11.9. The summed E-state index contributed by atoms with van der Waals surface area (Å²) < 4.78 is 2.17. The number of benzene rings is 1. The number of amides is 2. The lowest BCUT2D eigenvalue weighted by Gasteiger charge is -2.29. The summed E-state index contributed by atoms with van der Waals surface area (Å²) in [5.41, 5.74) is 2.00. The van der Waals surface area contributed by atoms with Crippen molar-refractivity contribution in [2.75, 3.05) is 13.6 Å². The molecule has 1 saturated heterocycles. The first-order valence-corrected chi connectivity index (χ1v) is 8.89. The molecule has 0 unspecified atom stereocenters. The van der Waals surface area contributed by atoms with Gasteiger partial charge in [0.15, 0.2) is 0 Å². The molecule has 1 N–H and O–H groups in total. The van der Waals surface area contributed by atoms with Gasteiger partial charge in [-0.3, -0.25) is 9.59 Å². The van der Waals surface area contributed by atoms with E-state index >= 15 is 0 Å². The van der Waals surface area contributed by atoms with Gasteiger partial charge in [0.05, 0.1) is 17.1 Å². The molecule has 1 fully saturated rings. The highest BCUT2D eigenvalue weighted by Gasteiger charge is 2.30. The van der Waals surface area contributed by atoms with Crippen LogP contribution < -0.4 is 5.32 Å². The summed E-state index contributed by atoms with van der Waals surface area (Å²) in [6.07, 6.45) is 0.997. The minimum absolute atomic E-state index is 0.0356. The second-order valence-electron chi connectivity index (χ2n) is 7.16. The fourth-order valence-electron chi connectivity index (χ4n) is 3.47. The number of fused-ring (bicyclic) bond motifs is 1. The minimum Gasteiger partial charge on any atom is -0.346 e. The van der Waals surface area contributed by atoms with E-state index in [1.165, 1.54) is 0 Å². The molecule has 0 bridgehead atoms. The van der Waals surface area contributed by atoms with Crippen molar-refractivity contribution in [1.29, 1.82) is 0 Å². The van der Waals surface area contributed by atoms with Crippen molar-refractivity contribution in [3.63, 3.8) is 0 Å². The number of aromatic nitrogens is 2. The van der Waals surface area contributed by atoms with Crippen molar-refractivity contribution in [2.45, 2.75) is 45.7 Å². The molecular formula is C19H26N4O2. The number of nitrogens with one attached hydrogen (secondary N) is 1. The molecule has 25 heavy (non-hydrogen) atoms. The monoisotopic (exact) mass is 342 g/mol. The van der Waals surface area contributed by atoms with Crippen LogP contribution in [-0.2, 0) is 9.59 Å². The van der Waals surface area contributed by atoms with E-state index in [4.69, 9.17) is 4.98 Å². The average Bonchev–Trinajstić information content (AvgIpc) is 2.97. The predicted octanol–water partition coefficient (Wildman–Crippen LogP) is 2.66. The highest BCUT2D eigenvalue weighted by atomic mass is 16.2. The van der Waals surface area contributed by atoms with E-state index in [0.717, 1.165) is 16.9 Å². The van der Waals surface area contributed by atoms with Crippen molar-refractivity contribution in [3.05, 3.63) is 30.1 Å². The van der Waals surface area contributed by atoms with Crippen LogP contribution in [0.3, 0.4) is 0 Å². The number of imidazole rings is 1. The highest BCUT2D eigenvalue weighted by molar-refractivity contribution is 5.87. The Balaban J connectivity index is 1.80. The van der Waals surface area contributed by atoms with Gasteiger partial charge in [-0.15, -0.1) is 0 Å². The highest BCUT2D eigenvalue weighted by Crippen LogP contribution is 2.26. The third-order valence-electron chi connectivity index (χ3n) is 4.92. The van der Waals surface area contributed by atoms with Crippen LogP contribution in [0, 0.1) is 5.92 Å². The van der Waals surface area contributed by atoms with Gasteiger partial charge in [0.25, 0.3) is 0 Å². The van der Waals surface area contributed by atoms with Gasteiger partial charge in [-0.1, -0.05) is 12.1 Å². The number of hydrogen-bond donors (Lipinski definition) is 1. The SMILES string of the molecule is CC(C)n1c([C@@H](C)NC(=O)[C@H]2CCN(C)C(=O)C2)nc2ccccc21. The predicted molar refractivity (Wildman–Crippen MR) is 97.0 cm³/mol. The molecule has 1 aromatic carbocycles. The molecule has 1 aromatic heterocycles. The molecule has 2 amide bonds. The van der Waals surface area contributed by atoms with Crippen LogP contribution in [-0.4, -0.2) is 39.9 Å². The van der Waals surface area contributed by atoms with Gasteiger partial charge >= 0.3 is 0 Å². The maximum Gasteiger partial charge on any atom is 0.224 e. The van der Waals surface area contributed by atoms with Crippen LogP contribution in [0.4, 0.5) is 0 Å². The first kappa shape index (κ1) is 17.5. The van der Waals surface area contributed by atoms with Crippen molar-refractivity contribution < 1.29 is 9.59 Å². The zero-order valence-electron chi connectivity index (χ0n) is 15.3. The molecule has 134 valence electrons. The normalized spacial score (nSPS) is 19.5. The third-order valence-corrected chi connectivity index (χ3v) is 4.92. The Morgan fingerprint density at radius 2 is 2.00 bits per heavy atom. The number of piperidine rings is 1. The van der Waals surface area contributed by atoms with Crippen LogP contribution in [0.15, 0.2) is 24.3 Å². The zero-order valence-corrected chi connectivity index (χ0v) is 15.3. The van der Waals surface area contributed by atoms with Crippen molar-refractivity contribution in [2.24, 2.45) is 5.92 Å². The Hall–Kier alpha value is -2.37. The largest absolute Gasteiger partial charge is 0.346 e. The Labute approximate surface area is 148 Å². The van der Waals surface area contributed by atoms with Crippen LogP contribution >= 0.6 is 0 Å². The summed E-state index contributed by atoms with van der Waals surface area (Å²) in [6.45, 7) is 6.81. The number of rotatable bonds is 4. The van der Waals surface area contributed by atoms with E-state index in [2.05, 4.69) is 29.8 Å². The van der Waals surface area contributed by atoms with Gasteiger partial charge in [0.1, 0.15) is 5.82 Å². The Morgan fingerprint density at radius 1 is 1.28 bits per heavy atom. The molecule has 0 saturated carbocycles. The van der Waals surface area contributed by atoms with Gasteiger partial charge in [0.2, 0.25) is 11.8 Å². The molecule has 0 radical (unpaired) electrons. The van der Waals surface area contributed by atoms with Gasteiger partial charge < -0.3 is 14.8 Å². The maximum absolute atomic E-state index is 12.6. The average molecular weight is 342 g/mol. The first-order valence-electron chi connectivity index (χ1n) is 8.89. The van der Waals surface area contributed by atoms with Crippen molar-refractivity contribution >= 4 is 22.8 Å². The van der Waals surface area contributed by atoms with Gasteiger partial charge in [-0.25, -0.2) is 4.98 Å². The summed E-state index contributed by atoms with van der Waals surface area (Å²) in [6, 6.07) is 8.04. The maximum atomic E-state index is 12.6. The second kappa shape index (κ2) is 6.86. The zero-order chi connectivity index (χ0) is 18.1. The third kappa shape index (κ3) is 3.38. The molecule has 0 spiro atoms. The molecule has 2 atom stereocenters. The van der Waals surface area contributed by atoms with E-state index in [-0.39, 0.29) is 36.2 Å². The lowest BCUT2D eigenvalue weighted by molar-refractivity contribution is -0.139. The molecule has 0 aliphatic carbocycles. The molecule has 1 aliphatic rings. The van der Waals surface area contributed by atoms with Crippen LogP contribution in [0.25, 0.3) is 11.0 Å². The summed E-state index contributed by atoms with van der Waals surface area (Å²) in [4.78, 5) is 30.9. The smallest absolute Gasteiger partial charge is 0.224 e. The lowest BCUT2D eigenvalue weighted by atomic mass is 9.95. The van der Waals surface area contributed by atoms with Crippen molar-refractivity contribution in [3.8, 4) is 0 Å². The molecule has 2 aromatic rings. The fraction of sp³-hybridized carbons (Fsp3) is 0.526. The topological polar surface area (TPSA) is 67.2 Å². The van der Waals surface area contributed by atoms with Gasteiger partial charge in [-0.2, -0.15) is 0 Å². The van der Waals surface area contributed by atoms with Crippen LogP contribution in [0.2, 0.25) is 0 Å². The number of carbonyl (C=O) groups is 2.